The van der Waals surface area contributed by atoms with Gasteiger partial charge in [0.15, 0.2) is 0 Å². The molecule has 0 aromatic carbocycles. The van der Waals surface area contributed by atoms with Crippen LogP contribution in [-0.4, -0.2) is 28.6 Å². The number of hydrogen-bond donors (Lipinski definition) is 1. The van der Waals surface area contributed by atoms with E-state index < -0.39 is 5.97 Å². The van der Waals surface area contributed by atoms with E-state index in [2.05, 4.69) is 23.7 Å². The van der Waals surface area contributed by atoms with Crippen LogP contribution in [0.1, 0.15) is 42.6 Å². The van der Waals surface area contributed by atoms with Crippen LogP contribution in [0, 0.1) is 12.8 Å². The van der Waals surface area contributed by atoms with Crippen LogP contribution in [0.5, 0.6) is 0 Å². The van der Waals surface area contributed by atoms with Crippen molar-refractivity contribution >= 4 is 11.8 Å². The number of aromatic carboxylic acids is 1. The fraction of sp³-hybridized carbons (Fsp3) is 0.571. The van der Waals surface area contributed by atoms with Crippen LogP contribution in [0.2, 0.25) is 0 Å². The number of anilines is 1. The van der Waals surface area contributed by atoms with Crippen LogP contribution in [0.25, 0.3) is 0 Å². The molecule has 0 bridgehead atoms. The summed E-state index contributed by atoms with van der Waals surface area (Å²) in [5, 5.41) is 9.37. The van der Waals surface area contributed by atoms with Crippen molar-refractivity contribution in [2.45, 2.75) is 39.7 Å². The summed E-state index contributed by atoms with van der Waals surface area (Å²) in [7, 11) is 0. The summed E-state index contributed by atoms with van der Waals surface area (Å²) in [6.07, 6.45) is 3.93. The third-order valence-corrected chi connectivity index (χ3v) is 3.69. The van der Waals surface area contributed by atoms with Crippen molar-refractivity contribution in [2.75, 3.05) is 11.4 Å². The second kappa shape index (κ2) is 4.96. The highest BCUT2D eigenvalue weighted by molar-refractivity contribution is 5.95. The lowest BCUT2D eigenvalue weighted by Crippen LogP contribution is -2.35. The molecule has 98 valence electrons. The molecule has 0 amide bonds. The predicted molar refractivity (Wildman–Crippen MR) is 71.1 cm³/mol. The molecule has 1 aliphatic rings. The highest BCUT2D eigenvalue weighted by atomic mass is 16.4. The van der Waals surface area contributed by atoms with Crippen molar-refractivity contribution in [3.8, 4) is 0 Å². The third kappa shape index (κ3) is 2.19. The summed E-state index contributed by atoms with van der Waals surface area (Å²) in [6, 6.07) is 2.16. The van der Waals surface area contributed by atoms with E-state index in [1.165, 1.54) is 0 Å². The Morgan fingerprint density at radius 1 is 1.56 bits per heavy atom. The average molecular weight is 248 g/mol. The lowest BCUT2D eigenvalue weighted by molar-refractivity contribution is 0.0696. The molecule has 1 fully saturated rings. The number of nitrogens with zero attached hydrogens (tertiary/aromatic N) is 2. The van der Waals surface area contributed by atoms with E-state index in [1.54, 1.807) is 12.3 Å². The molecule has 1 unspecified atom stereocenters. The van der Waals surface area contributed by atoms with Gasteiger partial charge in [0.2, 0.25) is 0 Å². The van der Waals surface area contributed by atoms with E-state index in [0.29, 0.717) is 23.3 Å². The molecule has 0 saturated carbocycles. The summed E-state index contributed by atoms with van der Waals surface area (Å²) < 4.78 is 0. The Kier molecular flexibility index (Phi) is 3.55. The second-order valence-corrected chi connectivity index (χ2v) is 5.28. The molecule has 0 aliphatic carbocycles. The molecular formula is C14H20N2O2. The molecule has 1 saturated heterocycles. The lowest BCUT2D eigenvalue weighted by atomic mass is 10.0. The van der Waals surface area contributed by atoms with Crippen molar-refractivity contribution in [2.24, 2.45) is 5.92 Å². The summed E-state index contributed by atoms with van der Waals surface area (Å²) >= 11 is 0. The highest BCUT2D eigenvalue weighted by Gasteiger charge is 2.31. The monoisotopic (exact) mass is 248 g/mol. The van der Waals surface area contributed by atoms with E-state index in [-0.39, 0.29) is 0 Å². The minimum atomic E-state index is -0.884. The first-order valence-electron chi connectivity index (χ1n) is 6.48. The maximum Gasteiger partial charge on any atom is 0.339 e. The van der Waals surface area contributed by atoms with Gasteiger partial charge in [-0.05, 0) is 37.3 Å². The first kappa shape index (κ1) is 12.9. The Bertz CT molecular complexity index is 457. The molecule has 1 N–H and O–H groups in total. The number of pyridine rings is 1. The molecule has 4 nitrogen and oxygen atoms in total. The number of hydrogen-bond acceptors (Lipinski definition) is 3. The van der Waals surface area contributed by atoms with Gasteiger partial charge in [-0.2, -0.15) is 0 Å². The van der Waals surface area contributed by atoms with Gasteiger partial charge in [-0.25, -0.2) is 9.78 Å². The van der Waals surface area contributed by atoms with Crippen LogP contribution in [0.15, 0.2) is 12.3 Å². The molecule has 2 rings (SSSR count). The lowest BCUT2D eigenvalue weighted by Gasteiger charge is -2.30. The van der Waals surface area contributed by atoms with Crippen LogP contribution < -0.4 is 4.90 Å². The summed E-state index contributed by atoms with van der Waals surface area (Å²) in [5.41, 5.74) is 1.13. The van der Waals surface area contributed by atoms with Crippen molar-refractivity contribution in [3.05, 3.63) is 23.4 Å². The molecule has 1 aromatic rings. The number of rotatable bonds is 3. The highest BCUT2D eigenvalue weighted by Crippen LogP contribution is 2.31. The van der Waals surface area contributed by atoms with Gasteiger partial charge in [0.05, 0.1) is 0 Å². The largest absolute Gasteiger partial charge is 0.478 e. The quantitative estimate of drug-likeness (QED) is 0.893. The van der Waals surface area contributed by atoms with Gasteiger partial charge < -0.3 is 10.0 Å². The maximum atomic E-state index is 11.4. The number of carboxylic acid groups (broad SMARTS) is 1. The molecule has 18 heavy (non-hydrogen) atoms. The van der Waals surface area contributed by atoms with Crippen molar-refractivity contribution in [1.82, 2.24) is 4.98 Å². The number of aryl methyl sites for hydroxylation is 1. The van der Waals surface area contributed by atoms with E-state index in [1.807, 2.05) is 6.92 Å². The van der Waals surface area contributed by atoms with Crippen LogP contribution in [0.3, 0.4) is 0 Å². The van der Waals surface area contributed by atoms with Gasteiger partial charge in [-0.1, -0.05) is 13.8 Å². The Balaban J connectivity index is 2.44. The molecule has 1 aliphatic heterocycles. The Hall–Kier alpha value is -1.58. The zero-order valence-corrected chi connectivity index (χ0v) is 11.2. The van der Waals surface area contributed by atoms with Gasteiger partial charge in [-0.15, -0.1) is 0 Å². The van der Waals surface area contributed by atoms with E-state index >= 15 is 0 Å². The molecule has 0 spiro atoms. The Morgan fingerprint density at radius 2 is 2.28 bits per heavy atom. The fourth-order valence-corrected chi connectivity index (χ4v) is 2.77. The average Bonchev–Trinajstić information content (AvgIpc) is 2.76. The Morgan fingerprint density at radius 3 is 2.89 bits per heavy atom. The SMILES string of the molecule is Cc1ccnc(N2CCCC2C(C)C)c1C(=O)O. The van der Waals surface area contributed by atoms with Gasteiger partial charge in [0.25, 0.3) is 0 Å². The first-order chi connectivity index (χ1) is 8.52. The Labute approximate surface area is 108 Å². The van der Waals surface area contributed by atoms with E-state index in [0.717, 1.165) is 24.9 Å². The van der Waals surface area contributed by atoms with Crippen molar-refractivity contribution in [3.63, 3.8) is 0 Å². The second-order valence-electron chi connectivity index (χ2n) is 5.28. The van der Waals surface area contributed by atoms with Crippen LogP contribution in [-0.2, 0) is 0 Å². The fourth-order valence-electron chi connectivity index (χ4n) is 2.77. The standard InChI is InChI=1S/C14H20N2O2/c1-9(2)11-5-4-8-16(11)13-12(14(17)18)10(3)6-7-15-13/h6-7,9,11H,4-5,8H2,1-3H3,(H,17,18). The first-order valence-corrected chi connectivity index (χ1v) is 6.48. The van der Waals surface area contributed by atoms with Gasteiger partial charge in [-0.3, -0.25) is 0 Å². The van der Waals surface area contributed by atoms with E-state index in [4.69, 9.17) is 0 Å². The number of aromatic nitrogens is 1. The summed E-state index contributed by atoms with van der Waals surface area (Å²) in [4.78, 5) is 17.9. The van der Waals surface area contributed by atoms with Crippen molar-refractivity contribution < 1.29 is 9.90 Å². The number of carbonyl (C=O) groups is 1. The zero-order chi connectivity index (χ0) is 13.3. The summed E-state index contributed by atoms with van der Waals surface area (Å²) in [5.74, 6) is 0.264. The third-order valence-electron chi connectivity index (χ3n) is 3.69. The van der Waals surface area contributed by atoms with Crippen molar-refractivity contribution in [1.29, 1.82) is 0 Å². The topological polar surface area (TPSA) is 53.4 Å². The molecule has 0 radical (unpaired) electrons. The molecule has 2 heterocycles. The molecular weight excluding hydrogens is 228 g/mol. The molecule has 1 atom stereocenters. The van der Waals surface area contributed by atoms with Gasteiger partial charge in [0, 0.05) is 18.8 Å². The minimum Gasteiger partial charge on any atom is -0.478 e. The normalized spacial score (nSPS) is 19.6. The van der Waals surface area contributed by atoms with Crippen LogP contribution in [0.4, 0.5) is 5.82 Å². The molecule has 4 heteroatoms. The van der Waals surface area contributed by atoms with E-state index in [9.17, 15) is 9.90 Å². The predicted octanol–water partition coefficient (Wildman–Crippen LogP) is 2.71. The van der Waals surface area contributed by atoms with Crippen LogP contribution >= 0.6 is 0 Å². The zero-order valence-electron chi connectivity index (χ0n) is 11.2. The minimum absolute atomic E-state index is 0.352. The van der Waals surface area contributed by atoms with Gasteiger partial charge in [0.1, 0.15) is 11.4 Å². The maximum absolute atomic E-state index is 11.4. The molecule has 1 aromatic heterocycles. The van der Waals surface area contributed by atoms with Gasteiger partial charge >= 0.3 is 5.97 Å². The summed E-state index contributed by atoms with van der Waals surface area (Å²) in [6.45, 7) is 7.09. The smallest absolute Gasteiger partial charge is 0.339 e. The number of carboxylic acids is 1.